The molecule has 108 valence electrons. The summed E-state index contributed by atoms with van der Waals surface area (Å²) in [5.41, 5.74) is 0. The van der Waals surface area contributed by atoms with Crippen LogP contribution in [0.4, 0.5) is 0 Å². The molecule has 18 heavy (non-hydrogen) atoms. The molecule has 0 aromatic rings. The van der Waals surface area contributed by atoms with E-state index in [0.717, 1.165) is 31.5 Å². The maximum absolute atomic E-state index is 5.31. The van der Waals surface area contributed by atoms with Crippen LogP contribution >= 0.6 is 0 Å². The third-order valence-electron chi connectivity index (χ3n) is 4.25. The highest BCUT2D eigenvalue weighted by Gasteiger charge is 2.26. The van der Waals surface area contributed by atoms with Crippen LogP contribution in [0.15, 0.2) is 0 Å². The largest absolute Gasteiger partial charge is 0.384 e. The quantitative estimate of drug-likeness (QED) is 0.675. The third-order valence-corrected chi connectivity index (χ3v) is 4.25. The molecule has 1 aliphatic rings. The van der Waals surface area contributed by atoms with E-state index in [1.54, 1.807) is 0 Å². The van der Waals surface area contributed by atoms with Gasteiger partial charge >= 0.3 is 0 Å². The predicted octanol–water partition coefficient (Wildman–Crippen LogP) is 2.37. The minimum absolute atomic E-state index is 0.675. The highest BCUT2D eigenvalue weighted by Crippen LogP contribution is 2.21. The lowest BCUT2D eigenvalue weighted by Gasteiger charge is -2.39. The van der Waals surface area contributed by atoms with Crippen molar-refractivity contribution < 1.29 is 4.74 Å². The molecule has 1 rings (SSSR count). The second-order valence-corrected chi connectivity index (χ2v) is 5.88. The molecule has 1 fully saturated rings. The van der Waals surface area contributed by atoms with Crippen LogP contribution in [0, 0.1) is 11.8 Å². The first-order valence-corrected chi connectivity index (χ1v) is 7.62. The van der Waals surface area contributed by atoms with Gasteiger partial charge in [0.15, 0.2) is 0 Å². The van der Waals surface area contributed by atoms with Crippen LogP contribution in [-0.4, -0.2) is 50.8 Å². The number of likely N-dealkylation sites (tertiary alicyclic amines) is 1. The predicted molar refractivity (Wildman–Crippen MR) is 78.0 cm³/mol. The van der Waals surface area contributed by atoms with Gasteiger partial charge in [0.2, 0.25) is 0 Å². The first-order chi connectivity index (χ1) is 8.69. The second-order valence-electron chi connectivity index (χ2n) is 5.88. The molecule has 3 unspecified atom stereocenters. The van der Waals surface area contributed by atoms with Crippen molar-refractivity contribution in [3.05, 3.63) is 0 Å². The Morgan fingerprint density at radius 3 is 2.83 bits per heavy atom. The normalized spacial score (nSPS) is 25.0. The number of hydrogen-bond donors (Lipinski definition) is 1. The summed E-state index contributed by atoms with van der Waals surface area (Å²) in [7, 11) is 1.82. The number of ether oxygens (including phenoxy) is 1. The van der Waals surface area contributed by atoms with Crippen LogP contribution in [0.5, 0.6) is 0 Å². The zero-order chi connectivity index (χ0) is 13.4. The van der Waals surface area contributed by atoms with Gasteiger partial charge < -0.3 is 10.1 Å². The maximum atomic E-state index is 5.31. The fourth-order valence-electron chi connectivity index (χ4n) is 2.88. The van der Waals surface area contributed by atoms with Crippen LogP contribution in [-0.2, 0) is 4.74 Å². The standard InChI is InChI=1S/C15H32N2O/c1-5-8-16-10-13(2)14(3)17-9-6-7-15(11-17)12-18-4/h13-16H,5-12H2,1-4H3. The number of methoxy groups -OCH3 is 1. The lowest BCUT2D eigenvalue weighted by molar-refractivity contribution is 0.0579. The molecule has 0 amide bonds. The van der Waals surface area contributed by atoms with Crippen molar-refractivity contribution in [3.8, 4) is 0 Å². The smallest absolute Gasteiger partial charge is 0.0502 e. The van der Waals surface area contributed by atoms with Gasteiger partial charge in [0.05, 0.1) is 6.61 Å². The highest BCUT2D eigenvalue weighted by molar-refractivity contribution is 4.80. The van der Waals surface area contributed by atoms with E-state index in [9.17, 15) is 0 Å². The molecular weight excluding hydrogens is 224 g/mol. The Labute approximate surface area is 113 Å². The zero-order valence-electron chi connectivity index (χ0n) is 12.7. The van der Waals surface area contributed by atoms with E-state index in [2.05, 4.69) is 31.0 Å². The lowest BCUT2D eigenvalue weighted by atomic mass is 9.94. The van der Waals surface area contributed by atoms with E-state index in [4.69, 9.17) is 4.74 Å². The van der Waals surface area contributed by atoms with Crippen molar-refractivity contribution in [2.75, 3.05) is 39.9 Å². The molecule has 3 heteroatoms. The van der Waals surface area contributed by atoms with Gasteiger partial charge in [0.1, 0.15) is 0 Å². The van der Waals surface area contributed by atoms with Crippen molar-refractivity contribution in [2.45, 2.75) is 46.1 Å². The minimum atomic E-state index is 0.675. The summed E-state index contributed by atoms with van der Waals surface area (Å²) in [5.74, 6) is 1.46. The Balaban J connectivity index is 2.32. The molecule has 1 saturated heterocycles. The van der Waals surface area contributed by atoms with Crippen molar-refractivity contribution in [2.24, 2.45) is 11.8 Å². The van der Waals surface area contributed by atoms with Crippen molar-refractivity contribution in [1.29, 1.82) is 0 Å². The van der Waals surface area contributed by atoms with Gasteiger partial charge in [-0.25, -0.2) is 0 Å². The van der Waals surface area contributed by atoms with E-state index in [0.29, 0.717) is 6.04 Å². The molecule has 0 spiro atoms. The van der Waals surface area contributed by atoms with Crippen LogP contribution in [0.2, 0.25) is 0 Å². The van der Waals surface area contributed by atoms with Crippen LogP contribution < -0.4 is 5.32 Å². The topological polar surface area (TPSA) is 24.5 Å². The number of rotatable bonds is 8. The average molecular weight is 256 g/mol. The molecule has 0 radical (unpaired) electrons. The Hall–Kier alpha value is -0.120. The summed E-state index contributed by atoms with van der Waals surface area (Å²) in [4.78, 5) is 2.66. The maximum Gasteiger partial charge on any atom is 0.0502 e. The molecule has 0 aromatic carbocycles. The summed E-state index contributed by atoms with van der Waals surface area (Å²) in [6, 6.07) is 0.675. The monoisotopic (exact) mass is 256 g/mol. The van der Waals surface area contributed by atoms with Crippen LogP contribution in [0.3, 0.4) is 0 Å². The Bertz CT molecular complexity index is 209. The highest BCUT2D eigenvalue weighted by atomic mass is 16.5. The summed E-state index contributed by atoms with van der Waals surface area (Å²) >= 11 is 0. The van der Waals surface area contributed by atoms with E-state index in [1.165, 1.54) is 32.4 Å². The van der Waals surface area contributed by atoms with Gasteiger partial charge in [-0.1, -0.05) is 13.8 Å². The summed E-state index contributed by atoms with van der Waals surface area (Å²) in [6.07, 6.45) is 3.88. The van der Waals surface area contributed by atoms with Gasteiger partial charge in [0.25, 0.3) is 0 Å². The molecule has 1 N–H and O–H groups in total. The number of hydrogen-bond acceptors (Lipinski definition) is 3. The molecule has 1 aliphatic heterocycles. The number of piperidine rings is 1. The zero-order valence-corrected chi connectivity index (χ0v) is 12.7. The van der Waals surface area contributed by atoms with Gasteiger partial charge in [-0.2, -0.15) is 0 Å². The Morgan fingerprint density at radius 1 is 1.39 bits per heavy atom. The molecule has 0 bridgehead atoms. The first kappa shape index (κ1) is 15.9. The lowest BCUT2D eigenvalue weighted by Crippen LogP contribution is -2.47. The summed E-state index contributed by atoms with van der Waals surface area (Å²) < 4.78 is 5.31. The SMILES string of the molecule is CCCNCC(C)C(C)N1CCCC(COC)C1. The Kier molecular flexibility index (Phi) is 7.87. The fourth-order valence-corrected chi connectivity index (χ4v) is 2.88. The molecule has 0 saturated carbocycles. The molecular formula is C15H32N2O. The van der Waals surface area contributed by atoms with Gasteiger partial charge in [-0.05, 0) is 57.7 Å². The average Bonchev–Trinajstić information content (AvgIpc) is 2.39. The first-order valence-electron chi connectivity index (χ1n) is 7.62. The minimum Gasteiger partial charge on any atom is -0.384 e. The van der Waals surface area contributed by atoms with Crippen molar-refractivity contribution >= 4 is 0 Å². The van der Waals surface area contributed by atoms with Crippen LogP contribution in [0.1, 0.15) is 40.0 Å². The summed E-state index contributed by atoms with van der Waals surface area (Å²) in [5, 5.41) is 3.54. The van der Waals surface area contributed by atoms with Crippen molar-refractivity contribution in [1.82, 2.24) is 10.2 Å². The Morgan fingerprint density at radius 2 is 2.17 bits per heavy atom. The molecule has 1 heterocycles. The van der Waals surface area contributed by atoms with Gasteiger partial charge in [-0.3, -0.25) is 4.90 Å². The van der Waals surface area contributed by atoms with Gasteiger partial charge in [0, 0.05) is 19.7 Å². The van der Waals surface area contributed by atoms with E-state index in [-0.39, 0.29) is 0 Å². The second kappa shape index (κ2) is 8.89. The molecule has 3 nitrogen and oxygen atoms in total. The third kappa shape index (κ3) is 5.25. The van der Waals surface area contributed by atoms with E-state index < -0.39 is 0 Å². The summed E-state index contributed by atoms with van der Waals surface area (Å²) in [6.45, 7) is 12.7. The van der Waals surface area contributed by atoms with Gasteiger partial charge in [-0.15, -0.1) is 0 Å². The molecule has 3 atom stereocenters. The van der Waals surface area contributed by atoms with E-state index >= 15 is 0 Å². The molecule has 0 aromatic heterocycles. The fraction of sp³-hybridized carbons (Fsp3) is 1.00. The number of nitrogens with one attached hydrogen (secondary N) is 1. The van der Waals surface area contributed by atoms with Crippen molar-refractivity contribution in [3.63, 3.8) is 0 Å². The molecule has 0 aliphatic carbocycles. The van der Waals surface area contributed by atoms with Crippen LogP contribution in [0.25, 0.3) is 0 Å². The number of nitrogens with zero attached hydrogens (tertiary/aromatic N) is 1. The van der Waals surface area contributed by atoms with E-state index in [1.807, 2.05) is 7.11 Å².